The van der Waals surface area contributed by atoms with Gasteiger partial charge in [-0.2, -0.15) is 0 Å². The van der Waals surface area contributed by atoms with Gasteiger partial charge in [0.1, 0.15) is 5.56 Å². The number of amides is 1. The Labute approximate surface area is 153 Å². The maximum absolute atomic E-state index is 12.9. The van der Waals surface area contributed by atoms with E-state index in [1.165, 1.54) is 0 Å². The molecule has 1 atom stereocenters. The molecule has 1 fully saturated rings. The molecule has 2 aromatic rings. The van der Waals surface area contributed by atoms with Crippen molar-refractivity contribution < 1.29 is 9.53 Å². The van der Waals surface area contributed by atoms with Crippen molar-refractivity contribution in [3.63, 3.8) is 0 Å². The van der Waals surface area contributed by atoms with Gasteiger partial charge in [0.05, 0.1) is 12.6 Å². The Hall–Kier alpha value is -2.47. The molecule has 0 saturated carbocycles. The lowest BCUT2D eigenvalue weighted by Crippen LogP contribution is -2.37. The largest absolute Gasteiger partial charge is 0.376 e. The van der Waals surface area contributed by atoms with Gasteiger partial charge in [-0.25, -0.2) is 0 Å². The summed E-state index contributed by atoms with van der Waals surface area (Å²) in [6.07, 6.45) is 6.17. The molecule has 1 amide bonds. The van der Waals surface area contributed by atoms with E-state index in [1.54, 1.807) is 35.8 Å². The maximum atomic E-state index is 12.9. The molecule has 1 aliphatic heterocycles. The SMILES string of the molecule is Cc1ccn(CC2CCCO2)c(=O)c1C(=O)N(C)CCc1ccccn1. The summed E-state index contributed by atoms with van der Waals surface area (Å²) < 4.78 is 7.22. The van der Waals surface area contributed by atoms with Gasteiger partial charge in [0.25, 0.3) is 11.5 Å². The molecule has 0 aliphatic carbocycles. The number of hydrogen-bond donors (Lipinski definition) is 0. The first-order valence-corrected chi connectivity index (χ1v) is 9.03. The molecule has 26 heavy (non-hydrogen) atoms. The number of aryl methyl sites for hydroxylation is 1. The predicted molar refractivity (Wildman–Crippen MR) is 99.3 cm³/mol. The summed E-state index contributed by atoms with van der Waals surface area (Å²) in [6.45, 7) is 3.55. The zero-order chi connectivity index (χ0) is 18.5. The summed E-state index contributed by atoms with van der Waals surface area (Å²) >= 11 is 0. The minimum Gasteiger partial charge on any atom is -0.376 e. The number of likely N-dealkylation sites (N-methyl/N-ethyl adjacent to an activating group) is 1. The smallest absolute Gasteiger partial charge is 0.263 e. The summed E-state index contributed by atoms with van der Waals surface area (Å²) in [5.41, 5.74) is 1.63. The van der Waals surface area contributed by atoms with Crippen LogP contribution in [0.15, 0.2) is 41.5 Å². The number of carbonyl (C=O) groups excluding carboxylic acids is 1. The summed E-state index contributed by atoms with van der Waals surface area (Å²) in [7, 11) is 1.72. The van der Waals surface area contributed by atoms with Crippen molar-refractivity contribution in [1.29, 1.82) is 0 Å². The number of hydrogen-bond acceptors (Lipinski definition) is 4. The number of nitrogens with zero attached hydrogens (tertiary/aromatic N) is 3. The van der Waals surface area contributed by atoms with Gasteiger partial charge >= 0.3 is 0 Å². The highest BCUT2D eigenvalue weighted by Crippen LogP contribution is 2.14. The molecule has 1 aliphatic rings. The van der Waals surface area contributed by atoms with Gasteiger partial charge in [0.15, 0.2) is 0 Å². The Balaban J connectivity index is 1.73. The molecular weight excluding hydrogens is 330 g/mol. The van der Waals surface area contributed by atoms with Gasteiger partial charge in [-0.15, -0.1) is 0 Å². The molecular formula is C20H25N3O3. The van der Waals surface area contributed by atoms with Gasteiger partial charge in [-0.1, -0.05) is 6.07 Å². The first-order valence-electron chi connectivity index (χ1n) is 9.03. The van der Waals surface area contributed by atoms with Crippen LogP contribution in [0.4, 0.5) is 0 Å². The standard InChI is InChI=1S/C20H25N3O3/c1-15-8-12-23(14-17-7-5-13-26-17)20(25)18(15)19(24)22(2)11-9-16-6-3-4-10-21-16/h3-4,6,8,10,12,17H,5,7,9,11,13-14H2,1-2H3. The number of carbonyl (C=O) groups is 1. The molecule has 138 valence electrons. The minimum absolute atomic E-state index is 0.0558. The van der Waals surface area contributed by atoms with E-state index < -0.39 is 0 Å². The van der Waals surface area contributed by atoms with Crippen LogP contribution in [0.25, 0.3) is 0 Å². The molecule has 1 saturated heterocycles. The fraction of sp³-hybridized carbons (Fsp3) is 0.450. The van der Waals surface area contributed by atoms with Crippen molar-refractivity contribution in [3.8, 4) is 0 Å². The van der Waals surface area contributed by atoms with E-state index >= 15 is 0 Å². The van der Waals surface area contributed by atoms with Crippen molar-refractivity contribution in [2.45, 2.75) is 38.8 Å². The third-order valence-electron chi connectivity index (χ3n) is 4.79. The summed E-state index contributed by atoms with van der Waals surface area (Å²) in [4.78, 5) is 31.6. The van der Waals surface area contributed by atoms with Crippen molar-refractivity contribution in [3.05, 3.63) is 63.8 Å². The van der Waals surface area contributed by atoms with Gasteiger partial charge in [0, 0.05) is 44.7 Å². The van der Waals surface area contributed by atoms with Crippen LogP contribution in [-0.2, 0) is 17.7 Å². The second-order valence-electron chi connectivity index (χ2n) is 6.76. The average Bonchev–Trinajstić information content (AvgIpc) is 3.16. The van der Waals surface area contributed by atoms with Gasteiger partial charge in [-0.05, 0) is 43.5 Å². The van der Waals surface area contributed by atoms with Crippen molar-refractivity contribution in [1.82, 2.24) is 14.5 Å². The highest BCUT2D eigenvalue weighted by Gasteiger charge is 2.22. The Bertz CT molecular complexity index is 811. The molecule has 3 rings (SSSR count). The van der Waals surface area contributed by atoms with Crippen LogP contribution in [0.1, 0.15) is 34.5 Å². The number of ether oxygens (including phenoxy) is 1. The van der Waals surface area contributed by atoms with E-state index in [1.807, 2.05) is 24.3 Å². The molecule has 6 nitrogen and oxygen atoms in total. The van der Waals surface area contributed by atoms with Crippen molar-refractivity contribution in [2.24, 2.45) is 0 Å². The molecule has 2 aromatic heterocycles. The van der Waals surface area contributed by atoms with Crippen molar-refractivity contribution >= 4 is 5.91 Å². The molecule has 0 radical (unpaired) electrons. The molecule has 6 heteroatoms. The third kappa shape index (κ3) is 4.19. The van der Waals surface area contributed by atoms with Gasteiger partial charge < -0.3 is 14.2 Å². The van der Waals surface area contributed by atoms with Crippen LogP contribution < -0.4 is 5.56 Å². The molecule has 0 bridgehead atoms. The van der Waals surface area contributed by atoms with Crippen molar-refractivity contribution in [2.75, 3.05) is 20.2 Å². The first kappa shape index (κ1) is 18.3. The fourth-order valence-corrected chi connectivity index (χ4v) is 3.20. The van der Waals surface area contributed by atoms with Crippen LogP contribution in [0.3, 0.4) is 0 Å². The number of aromatic nitrogens is 2. The summed E-state index contributed by atoms with van der Waals surface area (Å²) in [5.74, 6) is -0.245. The Morgan fingerprint density at radius 1 is 1.38 bits per heavy atom. The van der Waals surface area contributed by atoms with Gasteiger partial charge in [0.2, 0.25) is 0 Å². The summed E-state index contributed by atoms with van der Waals surface area (Å²) in [5, 5.41) is 0. The van der Waals surface area contributed by atoms with Crippen LogP contribution in [0.5, 0.6) is 0 Å². The Morgan fingerprint density at radius 3 is 2.92 bits per heavy atom. The van der Waals surface area contributed by atoms with Crippen LogP contribution >= 0.6 is 0 Å². The van der Waals surface area contributed by atoms with E-state index in [0.29, 0.717) is 25.1 Å². The lowest BCUT2D eigenvalue weighted by atomic mass is 10.1. The Kier molecular flexibility index (Phi) is 5.83. The molecule has 1 unspecified atom stereocenters. The fourth-order valence-electron chi connectivity index (χ4n) is 3.20. The van der Waals surface area contributed by atoms with E-state index in [9.17, 15) is 9.59 Å². The zero-order valence-corrected chi connectivity index (χ0v) is 15.4. The molecule has 3 heterocycles. The van der Waals surface area contributed by atoms with E-state index in [2.05, 4.69) is 4.98 Å². The zero-order valence-electron chi connectivity index (χ0n) is 15.4. The predicted octanol–water partition coefficient (Wildman–Crippen LogP) is 2.05. The summed E-state index contributed by atoms with van der Waals surface area (Å²) in [6, 6.07) is 7.55. The molecule has 0 N–H and O–H groups in total. The quantitative estimate of drug-likeness (QED) is 0.795. The van der Waals surface area contributed by atoms with Crippen LogP contribution in [0.2, 0.25) is 0 Å². The second-order valence-corrected chi connectivity index (χ2v) is 6.76. The van der Waals surface area contributed by atoms with E-state index in [0.717, 1.165) is 25.1 Å². The van der Waals surface area contributed by atoms with Gasteiger partial charge in [-0.3, -0.25) is 14.6 Å². The highest BCUT2D eigenvalue weighted by molar-refractivity contribution is 5.95. The van der Waals surface area contributed by atoms with E-state index in [4.69, 9.17) is 4.74 Å². The Morgan fingerprint density at radius 2 is 2.23 bits per heavy atom. The van der Waals surface area contributed by atoms with E-state index in [-0.39, 0.29) is 23.1 Å². The average molecular weight is 355 g/mol. The lowest BCUT2D eigenvalue weighted by Gasteiger charge is -2.19. The topological polar surface area (TPSA) is 64.4 Å². The normalized spacial score (nSPS) is 16.6. The minimum atomic E-state index is -0.245. The molecule has 0 spiro atoms. The highest BCUT2D eigenvalue weighted by atomic mass is 16.5. The van der Waals surface area contributed by atoms with Crippen LogP contribution in [0, 0.1) is 6.92 Å². The first-order chi connectivity index (χ1) is 12.6. The monoisotopic (exact) mass is 355 g/mol. The number of rotatable bonds is 6. The lowest BCUT2D eigenvalue weighted by molar-refractivity contribution is 0.0789. The molecule has 0 aromatic carbocycles. The van der Waals surface area contributed by atoms with Crippen LogP contribution in [-0.4, -0.2) is 46.7 Å². The maximum Gasteiger partial charge on any atom is 0.263 e. The third-order valence-corrected chi connectivity index (χ3v) is 4.79. The number of pyridine rings is 2. The second kappa shape index (κ2) is 8.27.